The lowest BCUT2D eigenvalue weighted by Gasteiger charge is -2.29. The molecule has 0 spiro atoms. The molecule has 0 saturated carbocycles. The number of hydrogen-bond donors (Lipinski definition) is 1. The van der Waals surface area contributed by atoms with Crippen molar-refractivity contribution in [3.05, 3.63) is 107 Å². The van der Waals surface area contributed by atoms with Gasteiger partial charge < -0.3 is 19.7 Å². The largest absolute Gasteiger partial charge is 0.378 e. The zero-order valence-corrected chi connectivity index (χ0v) is 22.6. The Morgan fingerprint density at radius 1 is 0.861 bits per heavy atom. The van der Waals surface area contributed by atoms with E-state index >= 15 is 0 Å². The van der Waals surface area contributed by atoms with Crippen molar-refractivity contribution in [1.82, 2.24) is 14.9 Å². The van der Waals surface area contributed by atoms with Crippen LogP contribution in [0.15, 0.2) is 72.9 Å². The number of benzene rings is 2. The molecule has 2 atom stereocenters. The summed E-state index contributed by atoms with van der Waals surface area (Å²) in [5.41, 5.74) is 10.5. The second kappa shape index (κ2) is 9.43. The molecule has 36 heavy (non-hydrogen) atoms. The van der Waals surface area contributed by atoms with Gasteiger partial charge in [-0.2, -0.15) is 0 Å². The molecule has 6 heteroatoms. The molecule has 2 unspecified atom stereocenters. The van der Waals surface area contributed by atoms with Gasteiger partial charge in [0.15, 0.2) is 5.11 Å². The highest BCUT2D eigenvalue weighted by molar-refractivity contribution is 7.80. The molecule has 1 saturated heterocycles. The van der Waals surface area contributed by atoms with Crippen molar-refractivity contribution in [3.8, 4) is 5.69 Å². The molecule has 0 radical (unpaired) electrons. The second-order valence-corrected chi connectivity index (χ2v) is 10.3. The van der Waals surface area contributed by atoms with E-state index in [1.54, 1.807) is 0 Å². The van der Waals surface area contributed by atoms with Gasteiger partial charge in [0.1, 0.15) is 0 Å². The van der Waals surface area contributed by atoms with Crippen molar-refractivity contribution in [1.29, 1.82) is 0 Å². The summed E-state index contributed by atoms with van der Waals surface area (Å²) in [6.45, 7) is 8.65. The van der Waals surface area contributed by atoms with Gasteiger partial charge in [0.05, 0.1) is 17.8 Å². The van der Waals surface area contributed by atoms with Crippen LogP contribution in [0.3, 0.4) is 0 Å². The maximum Gasteiger partial charge on any atom is 0.174 e. The average Bonchev–Trinajstić information content (AvgIpc) is 3.34. The van der Waals surface area contributed by atoms with E-state index in [4.69, 9.17) is 17.2 Å². The van der Waals surface area contributed by atoms with Crippen LogP contribution in [0.4, 0.5) is 11.4 Å². The van der Waals surface area contributed by atoms with E-state index < -0.39 is 0 Å². The minimum atomic E-state index is -0.0652. The van der Waals surface area contributed by atoms with Gasteiger partial charge >= 0.3 is 0 Å². The molecule has 2 aromatic heterocycles. The van der Waals surface area contributed by atoms with Gasteiger partial charge in [-0.15, -0.1) is 0 Å². The maximum atomic E-state index is 5.95. The number of pyridine rings is 1. The molecule has 1 N–H and O–H groups in total. The highest BCUT2D eigenvalue weighted by Crippen LogP contribution is 2.44. The molecular formula is C30H33N5S. The van der Waals surface area contributed by atoms with Crippen LogP contribution in [0.25, 0.3) is 5.69 Å². The van der Waals surface area contributed by atoms with Crippen molar-refractivity contribution >= 4 is 28.7 Å². The lowest BCUT2D eigenvalue weighted by Crippen LogP contribution is -2.29. The molecule has 0 amide bonds. The van der Waals surface area contributed by atoms with Crippen molar-refractivity contribution in [2.45, 2.75) is 39.8 Å². The maximum absolute atomic E-state index is 5.95. The Balaban J connectivity index is 1.66. The quantitative estimate of drug-likeness (QED) is 0.327. The van der Waals surface area contributed by atoms with Crippen LogP contribution in [0.2, 0.25) is 0 Å². The first kappa shape index (κ1) is 24.1. The molecule has 5 rings (SSSR count). The molecule has 4 aromatic rings. The summed E-state index contributed by atoms with van der Waals surface area (Å²) in [4.78, 5) is 9.11. The van der Waals surface area contributed by atoms with Crippen molar-refractivity contribution in [2.75, 3.05) is 23.9 Å². The fourth-order valence-electron chi connectivity index (χ4n) is 5.42. The summed E-state index contributed by atoms with van der Waals surface area (Å²) in [5, 5.41) is 4.32. The van der Waals surface area contributed by atoms with Crippen LogP contribution >= 0.6 is 12.2 Å². The van der Waals surface area contributed by atoms with Gasteiger partial charge in [0, 0.05) is 48.7 Å². The molecule has 1 aliphatic heterocycles. The third kappa shape index (κ3) is 4.26. The van der Waals surface area contributed by atoms with E-state index in [2.05, 4.69) is 116 Å². The fraction of sp³-hybridized carbons (Fsp3) is 0.267. The molecule has 1 aliphatic rings. The molecule has 3 heterocycles. The number of aryl methyl sites for hydroxylation is 3. The fourth-order valence-corrected chi connectivity index (χ4v) is 5.77. The Labute approximate surface area is 219 Å². The zero-order valence-electron chi connectivity index (χ0n) is 21.8. The number of thiocarbonyl (C=S) groups is 1. The van der Waals surface area contributed by atoms with E-state index in [-0.39, 0.29) is 12.1 Å². The van der Waals surface area contributed by atoms with Gasteiger partial charge in [-0.05, 0) is 111 Å². The summed E-state index contributed by atoms with van der Waals surface area (Å²) in [7, 11) is 4.13. The number of hydrogen-bond acceptors (Lipinski definition) is 3. The summed E-state index contributed by atoms with van der Waals surface area (Å²) in [5.74, 6) is 0. The predicted molar refractivity (Wildman–Crippen MR) is 153 cm³/mol. The number of nitrogens with zero attached hydrogens (tertiary/aromatic N) is 4. The normalized spacial score (nSPS) is 17.4. The monoisotopic (exact) mass is 495 g/mol. The molecule has 5 nitrogen and oxygen atoms in total. The van der Waals surface area contributed by atoms with Gasteiger partial charge in [0.2, 0.25) is 0 Å². The van der Waals surface area contributed by atoms with Crippen molar-refractivity contribution in [3.63, 3.8) is 0 Å². The van der Waals surface area contributed by atoms with Crippen LogP contribution in [0.5, 0.6) is 0 Å². The Kier molecular flexibility index (Phi) is 6.31. The third-order valence-corrected chi connectivity index (χ3v) is 7.31. The van der Waals surface area contributed by atoms with Crippen LogP contribution in [-0.2, 0) is 0 Å². The average molecular weight is 496 g/mol. The lowest BCUT2D eigenvalue weighted by molar-refractivity contribution is 0.565. The van der Waals surface area contributed by atoms with E-state index in [1.165, 1.54) is 33.8 Å². The van der Waals surface area contributed by atoms with Crippen LogP contribution in [0, 0.1) is 27.7 Å². The standard InChI is InChI=1S/C30H33N5S/c1-19-15-20(2)17-25(16-19)35-29(28(32-30(35)36)27-9-7-8-14-31-27)26-18-21(3)34(22(26)4)24-12-10-23(11-13-24)33(5)6/h7-18,28-29H,1-6H3,(H,32,36). The predicted octanol–water partition coefficient (Wildman–Crippen LogP) is 6.35. The minimum absolute atomic E-state index is 0.0328. The Hall–Kier alpha value is -3.64. The molecule has 2 aromatic carbocycles. The highest BCUT2D eigenvalue weighted by Gasteiger charge is 2.42. The number of rotatable bonds is 5. The highest BCUT2D eigenvalue weighted by atomic mass is 32.1. The van der Waals surface area contributed by atoms with Crippen LogP contribution in [0.1, 0.15) is 45.9 Å². The minimum Gasteiger partial charge on any atom is -0.378 e. The van der Waals surface area contributed by atoms with Gasteiger partial charge in [-0.1, -0.05) is 12.1 Å². The van der Waals surface area contributed by atoms with E-state index in [9.17, 15) is 0 Å². The molecule has 184 valence electrons. The van der Waals surface area contributed by atoms with E-state index in [0.29, 0.717) is 0 Å². The molecule has 0 aliphatic carbocycles. The summed E-state index contributed by atoms with van der Waals surface area (Å²) < 4.78 is 2.34. The van der Waals surface area contributed by atoms with E-state index in [1.807, 2.05) is 18.3 Å². The van der Waals surface area contributed by atoms with Gasteiger partial charge in [-0.3, -0.25) is 4.98 Å². The van der Waals surface area contributed by atoms with Gasteiger partial charge in [-0.25, -0.2) is 0 Å². The summed E-state index contributed by atoms with van der Waals surface area (Å²) >= 11 is 5.95. The Morgan fingerprint density at radius 3 is 2.17 bits per heavy atom. The van der Waals surface area contributed by atoms with Gasteiger partial charge in [0.25, 0.3) is 0 Å². The first-order valence-corrected chi connectivity index (χ1v) is 12.7. The topological polar surface area (TPSA) is 36.3 Å². The molecular weight excluding hydrogens is 462 g/mol. The first-order valence-electron chi connectivity index (χ1n) is 12.3. The first-order chi connectivity index (χ1) is 17.2. The molecule has 0 bridgehead atoms. The number of aromatic nitrogens is 2. The SMILES string of the molecule is Cc1cc(C)cc(N2C(=S)NC(c3ccccn3)C2c2cc(C)n(-c3ccc(N(C)C)cc3)c2C)c1. The second-order valence-electron chi connectivity index (χ2n) is 9.92. The van der Waals surface area contributed by atoms with Crippen LogP contribution in [-0.4, -0.2) is 28.8 Å². The third-order valence-electron chi connectivity index (χ3n) is 7.00. The Morgan fingerprint density at radius 2 is 1.56 bits per heavy atom. The van der Waals surface area contributed by atoms with Crippen LogP contribution < -0.4 is 15.1 Å². The van der Waals surface area contributed by atoms with Crippen molar-refractivity contribution in [2.24, 2.45) is 0 Å². The van der Waals surface area contributed by atoms with E-state index in [0.717, 1.165) is 22.2 Å². The molecule has 1 fully saturated rings. The summed E-state index contributed by atoms with van der Waals surface area (Å²) in [6, 6.07) is 23.6. The Bertz CT molecular complexity index is 1390. The summed E-state index contributed by atoms with van der Waals surface area (Å²) in [6.07, 6.45) is 1.85. The lowest BCUT2D eigenvalue weighted by atomic mass is 9.96. The zero-order chi connectivity index (χ0) is 25.6. The smallest absolute Gasteiger partial charge is 0.174 e. The number of nitrogens with one attached hydrogen (secondary N) is 1. The van der Waals surface area contributed by atoms with Crippen molar-refractivity contribution < 1.29 is 0 Å². The number of anilines is 2.